The van der Waals surface area contributed by atoms with E-state index in [1.165, 1.54) is 24.6 Å². The first-order chi connectivity index (χ1) is 14.9. The Bertz CT molecular complexity index is 1100. The van der Waals surface area contributed by atoms with E-state index in [2.05, 4.69) is 20.4 Å². The number of aromatic nitrogens is 1. The summed E-state index contributed by atoms with van der Waals surface area (Å²) in [6, 6.07) is 7.47. The molecule has 0 aliphatic heterocycles. The Morgan fingerprint density at radius 2 is 1.72 bits per heavy atom. The minimum Gasteiger partial charge on any atom is -0.495 e. The van der Waals surface area contributed by atoms with Crippen molar-refractivity contribution in [1.29, 1.82) is 0 Å². The smallest absolute Gasteiger partial charge is 0.495 e. The normalized spacial score (nSPS) is 11.7. The SMILES string of the molecule is COc1ccc(C(F)(F)F)cc1NC(=O)c1csc(Nc2ccc(OC(F)(F)F)cc2)n1. The zero-order valence-electron chi connectivity index (χ0n) is 16.0. The maximum atomic E-state index is 12.9. The second-order valence-corrected chi connectivity index (χ2v) is 6.96. The molecule has 0 saturated carbocycles. The number of rotatable bonds is 6. The number of anilines is 3. The number of carbonyl (C=O) groups excluding carboxylic acids is 1. The van der Waals surface area contributed by atoms with Gasteiger partial charge in [-0.25, -0.2) is 4.98 Å². The molecule has 0 fully saturated rings. The van der Waals surface area contributed by atoms with Crippen LogP contribution in [0.5, 0.6) is 11.5 Å². The van der Waals surface area contributed by atoms with Crippen LogP contribution in [-0.2, 0) is 6.18 Å². The highest BCUT2D eigenvalue weighted by atomic mass is 32.1. The third-order valence-corrected chi connectivity index (χ3v) is 4.61. The van der Waals surface area contributed by atoms with Crippen LogP contribution in [0.25, 0.3) is 0 Å². The van der Waals surface area contributed by atoms with Crippen molar-refractivity contribution in [3.05, 3.63) is 59.1 Å². The molecule has 0 atom stereocenters. The number of nitrogens with one attached hydrogen (secondary N) is 2. The number of hydrogen-bond donors (Lipinski definition) is 2. The van der Waals surface area contributed by atoms with E-state index in [1.54, 1.807) is 0 Å². The first kappa shape index (κ1) is 23.2. The van der Waals surface area contributed by atoms with Crippen molar-refractivity contribution >= 4 is 33.8 Å². The van der Waals surface area contributed by atoms with E-state index in [0.29, 0.717) is 5.69 Å². The number of carbonyl (C=O) groups is 1. The summed E-state index contributed by atoms with van der Waals surface area (Å²) in [7, 11) is 1.24. The largest absolute Gasteiger partial charge is 0.573 e. The van der Waals surface area contributed by atoms with Crippen LogP contribution in [0.4, 0.5) is 42.8 Å². The van der Waals surface area contributed by atoms with Crippen LogP contribution in [0.15, 0.2) is 47.8 Å². The van der Waals surface area contributed by atoms with Gasteiger partial charge in [0.1, 0.15) is 17.2 Å². The maximum absolute atomic E-state index is 12.9. The highest BCUT2D eigenvalue weighted by Crippen LogP contribution is 2.35. The Morgan fingerprint density at radius 1 is 1.03 bits per heavy atom. The Morgan fingerprint density at radius 3 is 2.31 bits per heavy atom. The van der Waals surface area contributed by atoms with Crippen molar-refractivity contribution < 1.29 is 40.6 Å². The van der Waals surface area contributed by atoms with Crippen LogP contribution in [0.2, 0.25) is 0 Å². The monoisotopic (exact) mass is 477 g/mol. The molecule has 2 N–H and O–H groups in total. The molecule has 1 amide bonds. The number of benzene rings is 2. The van der Waals surface area contributed by atoms with Crippen molar-refractivity contribution in [2.45, 2.75) is 12.5 Å². The van der Waals surface area contributed by atoms with Crippen LogP contribution in [0.1, 0.15) is 16.1 Å². The highest BCUT2D eigenvalue weighted by Gasteiger charge is 2.32. The lowest BCUT2D eigenvalue weighted by Crippen LogP contribution is -2.16. The Kier molecular flexibility index (Phi) is 6.48. The molecule has 32 heavy (non-hydrogen) atoms. The van der Waals surface area contributed by atoms with Gasteiger partial charge < -0.3 is 20.1 Å². The molecule has 0 radical (unpaired) electrons. The number of halogens is 6. The van der Waals surface area contributed by atoms with E-state index >= 15 is 0 Å². The van der Waals surface area contributed by atoms with Crippen LogP contribution in [0.3, 0.4) is 0 Å². The first-order valence-electron chi connectivity index (χ1n) is 8.59. The fourth-order valence-corrected chi connectivity index (χ4v) is 3.18. The number of amides is 1. The summed E-state index contributed by atoms with van der Waals surface area (Å²) in [6.45, 7) is 0. The number of thiazole rings is 1. The summed E-state index contributed by atoms with van der Waals surface area (Å²) in [6.07, 6.45) is -9.42. The van der Waals surface area contributed by atoms with E-state index < -0.39 is 29.8 Å². The van der Waals surface area contributed by atoms with Gasteiger partial charge in [0.15, 0.2) is 5.13 Å². The second-order valence-electron chi connectivity index (χ2n) is 6.10. The van der Waals surface area contributed by atoms with Gasteiger partial charge in [-0.15, -0.1) is 24.5 Å². The van der Waals surface area contributed by atoms with Gasteiger partial charge in [0.2, 0.25) is 0 Å². The predicted molar refractivity (Wildman–Crippen MR) is 104 cm³/mol. The molecule has 6 nitrogen and oxygen atoms in total. The lowest BCUT2D eigenvalue weighted by molar-refractivity contribution is -0.274. The van der Waals surface area contributed by atoms with Crippen LogP contribution >= 0.6 is 11.3 Å². The van der Waals surface area contributed by atoms with Gasteiger partial charge in [-0.05, 0) is 42.5 Å². The molecule has 1 aromatic heterocycles. The van der Waals surface area contributed by atoms with Gasteiger partial charge in [0.05, 0.1) is 18.4 Å². The molecule has 0 spiro atoms. The predicted octanol–water partition coefficient (Wildman–Crippen LogP) is 6.07. The van der Waals surface area contributed by atoms with Gasteiger partial charge in [-0.1, -0.05) is 0 Å². The van der Waals surface area contributed by atoms with Crippen molar-refractivity contribution in [1.82, 2.24) is 4.98 Å². The lowest BCUT2D eigenvalue weighted by Gasteiger charge is -2.13. The van der Waals surface area contributed by atoms with Crippen molar-refractivity contribution in [2.75, 3.05) is 17.7 Å². The molecule has 3 rings (SSSR count). The number of alkyl halides is 6. The molecule has 0 aliphatic rings. The second kappa shape index (κ2) is 8.94. The molecule has 1 heterocycles. The Hall–Kier alpha value is -3.48. The summed E-state index contributed by atoms with van der Waals surface area (Å²) in [4.78, 5) is 16.5. The highest BCUT2D eigenvalue weighted by molar-refractivity contribution is 7.14. The quantitative estimate of drug-likeness (QED) is 0.422. The van der Waals surface area contributed by atoms with Crippen molar-refractivity contribution in [2.24, 2.45) is 0 Å². The molecule has 13 heteroatoms. The van der Waals surface area contributed by atoms with E-state index in [0.717, 1.165) is 41.7 Å². The summed E-state index contributed by atoms with van der Waals surface area (Å²) in [5, 5.41) is 6.72. The minimum atomic E-state index is -4.81. The lowest BCUT2D eigenvalue weighted by atomic mass is 10.1. The van der Waals surface area contributed by atoms with Gasteiger partial charge in [0, 0.05) is 11.1 Å². The molecular formula is C19H13F6N3O3S. The molecule has 0 bridgehead atoms. The Balaban J connectivity index is 1.70. The third-order valence-electron chi connectivity index (χ3n) is 3.85. The summed E-state index contributed by atoms with van der Waals surface area (Å²) >= 11 is 1.01. The molecule has 170 valence electrons. The molecular weight excluding hydrogens is 464 g/mol. The minimum absolute atomic E-state index is 0.0288. The standard InChI is InChI=1S/C19H13F6N3O3S/c1-30-15-7-2-10(18(20,21)22)8-13(15)27-16(29)14-9-32-17(28-14)26-11-3-5-12(6-4-11)31-19(23,24)25/h2-9H,1H3,(H,26,28)(H,27,29). The fourth-order valence-electron chi connectivity index (χ4n) is 2.47. The number of nitrogens with zero attached hydrogens (tertiary/aromatic N) is 1. The average molecular weight is 477 g/mol. The maximum Gasteiger partial charge on any atom is 0.573 e. The third kappa shape index (κ3) is 6.03. The number of methoxy groups -OCH3 is 1. The summed E-state index contributed by atoms with van der Waals surface area (Å²) in [5.41, 5.74) is -0.864. The zero-order chi connectivity index (χ0) is 23.5. The average Bonchev–Trinajstić information content (AvgIpc) is 3.16. The van der Waals surface area contributed by atoms with Gasteiger partial charge in [0.25, 0.3) is 5.91 Å². The van der Waals surface area contributed by atoms with Crippen molar-refractivity contribution in [3.63, 3.8) is 0 Å². The van der Waals surface area contributed by atoms with E-state index in [9.17, 15) is 31.1 Å². The number of ether oxygens (including phenoxy) is 2. The Labute approximate surface area is 180 Å². The van der Waals surface area contributed by atoms with Crippen LogP contribution in [-0.4, -0.2) is 24.4 Å². The molecule has 0 saturated heterocycles. The summed E-state index contributed by atoms with van der Waals surface area (Å²) < 4.78 is 84.2. The summed E-state index contributed by atoms with van der Waals surface area (Å²) in [5.74, 6) is -1.15. The van der Waals surface area contributed by atoms with Gasteiger partial charge in [-0.3, -0.25) is 4.79 Å². The van der Waals surface area contributed by atoms with Crippen molar-refractivity contribution in [3.8, 4) is 11.5 Å². The zero-order valence-corrected chi connectivity index (χ0v) is 16.8. The van der Waals surface area contributed by atoms with E-state index in [4.69, 9.17) is 4.74 Å². The van der Waals surface area contributed by atoms with Crippen LogP contribution in [0, 0.1) is 0 Å². The van der Waals surface area contributed by atoms with Crippen LogP contribution < -0.4 is 20.1 Å². The topological polar surface area (TPSA) is 72.5 Å². The molecule has 2 aromatic carbocycles. The van der Waals surface area contributed by atoms with Gasteiger partial charge >= 0.3 is 12.5 Å². The fraction of sp³-hybridized carbons (Fsp3) is 0.158. The number of hydrogen-bond acceptors (Lipinski definition) is 6. The van der Waals surface area contributed by atoms with Gasteiger partial charge in [-0.2, -0.15) is 13.2 Å². The van der Waals surface area contributed by atoms with E-state index in [-0.39, 0.29) is 22.3 Å². The molecule has 0 unspecified atom stereocenters. The molecule has 0 aliphatic carbocycles. The first-order valence-corrected chi connectivity index (χ1v) is 9.47. The molecule has 3 aromatic rings. The van der Waals surface area contributed by atoms with E-state index in [1.807, 2.05) is 0 Å².